The van der Waals surface area contributed by atoms with Gasteiger partial charge in [-0.15, -0.1) is 5.10 Å². The zero-order valence-electron chi connectivity index (χ0n) is 10.8. The number of carboxylic acids is 1. The van der Waals surface area contributed by atoms with Crippen LogP contribution in [0.15, 0.2) is 22.7 Å². The molecule has 0 saturated heterocycles. The summed E-state index contributed by atoms with van der Waals surface area (Å²) in [4.78, 5) is 11.5. The number of carbonyl (C=O) groups is 1. The van der Waals surface area contributed by atoms with Gasteiger partial charge in [0.15, 0.2) is 11.4 Å². The highest BCUT2D eigenvalue weighted by atomic mass is 79.9. The molecule has 1 N–H and O–H groups in total. The summed E-state index contributed by atoms with van der Waals surface area (Å²) in [6.45, 7) is 3.27. The Labute approximate surface area is 122 Å². The van der Waals surface area contributed by atoms with E-state index in [2.05, 4.69) is 31.5 Å². The molecule has 0 bridgehead atoms. The lowest BCUT2D eigenvalue weighted by Gasteiger charge is -2.24. The molecular weight excluding hydrogens is 331 g/mol. The second-order valence-electron chi connectivity index (χ2n) is 4.48. The van der Waals surface area contributed by atoms with Gasteiger partial charge in [0.2, 0.25) is 0 Å². The van der Waals surface area contributed by atoms with Crippen LogP contribution in [0.2, 0.25) is 0 Å². The minimum atomic E-state index is -1.26. The number of tetrazole rings is 1. The molecule has 0 aliphatic carbocycles. The molecule has 0 fully saturated rings. The molecule has 0 amide bonds. The summed E-state index contributed by atoms with van der Waals surface area (Å²) in [7, 11) is 0. The fraction of sp³-hybridized carbons (Fsp3) is 0.333. The van der Waals surface area contributed by atoms with E-state index in [1.165, 1.54) is 29.8 Å². The number of nitrogens with zero attached hydrogens (tertiary/aromatic N) is 4. The zero-order valence-corrected chi connectivity index (χ0v) is 12.4. The Morgan fingerprint density at radius 1 is 1.55 bits per heavy atom. The van der Waals surface area contributed by atoms with Crippen LogP contribution in [-0.4, -0.2) is 31.3 Å². The number of carboxylic acid groups (broad SMARTS) is 1. The van der Waals surface area contributed by atoms with Gasteiger partial charge < -0.3 is 5.11 Å². The highest BCUT2D eigenvalue weighted by Gasteiger charge is 2.37. The number of hydrogen-bond acceptors (Lipinski definition) is 4. The Hall–Kier alpha value is -1.83. The van der Waals surface area contributed by atoms with Gasteiger partial charge in [-0.25, -0.2) is 13.9 Å². The van der Waals surface area contributed by atoms with Crippen LogP contribution in [0.3, 0.4) is 0 Å². The van der Waals surface area contributed by atoms with Crippen molar-refractivity contribution < 1.29 is 14.3 Å². The van der Waals surface area contributed by atoms with Gasteiger partial charge in [0.25, 0.3) is 0 Å². The van der Waals surface area contributed by atoms with E-state index in [9.17, 15) is 14.3 Å². The Morgan fingerprint density at radius 2 is 2.25 bits per heavy atom. The molecule has 2 aromatic rings. The van der Waals surface area contributed by atoms with Gasteiger partial charge >= 0.3 is 5.97 Å². The summed E-state index contributed by atoms with van der Waals surface area (Å²) in [5, 5.41) is 20.5. The first-order valence-electron chi connectivity index (χ1n) is 5.88. The maximum absolute atomic E-state index is 13.3. The maximum Gasteiger partial charge on any atom is 0.331 e. The Kier molecular flexibility index (Phi) is 3.85. The largest absolute Gasteiger partial charge is 0.479 e. The molecule has 1 aromatic carbocycles. The van der Waals surface area contributed by atoms with Crippen LogP contribution < -0.4 is 0 Å². The summed E-state index contributed by atoms with van der Waals surface area (Å²) in [5.41, 5.74) is -0.733. The van der Waals surface area contributed by atoms with Gasteiger partial charge in [0.1, 0.15) is 5.82 Å². The standard InChI is InChI=1S/C12H12BrFN4O2/c1-3-12(2,11(19)20)18-10(15-16-17-18)7-4-5-9(14)8(13)6-7/h4-6H,3H2,1-2H3,(H,19,20). The predicted molar refractivity (Wildman–Crippen MR) is 72.5 cm³/mol. The van der Waals surface area contributed by atoms with Crippen molar-refractivity contribution in [2.45, 2.75) is 25.8 Å². The van der Waals surface area contributed by atoms with E-state index in [-0.39, 0.29) is 10.3 Å². The van der Waals surface area contributed by atoms with E-state index in [4.69, 9.17) is 0 Å². The molecule has 0 radical (unpaired) electrons. The van der Waals surface area contributed by atoms with Crippen LogP contribution in [0, 0.1) is 5.82 Å². The average molecular weight is 343 g/mol. The number of aliphatic carboxylic acids is 1. The number of rotatable bonds is 4. The van der Waals surface area contributed by atoms with Crippen LogP contribution in [0.25, 0.3) is 11.4 Å². The van der Waals surface area contributed by atoms with Gasteiger partial charge in [-0.2, -0.15) is 0 Å². The normalized spacial score (nSPS) is 14.0. The third kappa shape index (κ3) is 2.31. The van der Waals surface area contributed by atoms with E-state index >= 15 is 0 Å². The molecule has 0 spiro atoms. The lowest BCUT2D eigenvalue weighted by atomic mass is 9.99. The second kappa shape index (κ2) is 5.28. The van der Waals surface area contributed by atoms with Crippen molar-refractivity contribution in [1.82, 2.24) is 20.2 Å². The van der Waals surface area contributed by atoms with E-state index in [0.717, 1.165) is 0 Å². The van der Waals surface area contributed by atoms with Crippen molar-refractivity contribution in [2.24, 2.45) is 0 Å². The molecule has 8 heteroatoms. The first kappa shape index (κ1) is 14.6. The van der Waals surface area contributed by atoms with E-state index in [1.54, 1.807) is 6.92 Å². The fourth-order valence-corrected chi connectivity index (χ4v) is 2.11. The Bertz CT molecular complexity index is 661. The molecule has 106 valence electrons. The van der Waals surface area contributed by atoms with Crippen LogP contribution in [0.4, 0.5) is 4.39 Å². The topological polar surface area (TPSA) is 80.9 Å². The lowest BCUT2D eigenvalue weighted by molar-refractivity contribution is -0.147. The van der Waals surface area contributed by atoms with Crippen molar-refractivity contribution in [1.29, 1.82) is 0 Å². The minimum absolute atomic E-state index is 0.262. The molecule has 1 atom stereocenters. The van der Waals surface area contributed by atoms with Crippen molar-refractivity contribution in [3.8, 4) is 11.4 Å². The SMILES string of the molecule is CCC(C)(C(=O)O)n1nnnc1-c1ccc(F)c(Br)c1. The number of benzene rings is 1. The van der Waals surface area contributed by atoms with Crippen molar-refractivity contribution in [2.75, 3.05) is 0 Å². The molecule has 6 nitrogen and oxygen atoms in total. The average Bonchev–Trinajstić information content (AvgIpc) is 2.90. The number of halogens is 2. The van der Waals surface area contributed by atoms with Gasteiger partial charge in [-0.1, -0.05) is 6.92 Å². The second-order valence-corrected chi connectivity index (χ2v) is 5.33. The highest BCUT2D eigenvalue weighted by molar-refractivity contribution is 9.10. The third-order valence-electron chi connectivity index (χ3n) is 3.26. The van der Waals surface area contributed by atoms with Crippen LogP contribution in [0.1, 0.15) is 20.3 Å². The van der Waals surface area contributed by atoms with Crippen molar-refractivity contribution >= 4 is 21.9 Å². The number of aromatic nitrogens is 4. The van der Waals surface area contributed by atoms with Crippen molar-refractivity contribution in [3.63, 3.8) is 0 Å². The monoisotopic (exact) mass is 342 g/mol. The molecule has 0 aliphatic heterocycles. The summed E-state index contributed by atoms with van der Waals surface area (Å²) in [6, 6.07) is 4.28. The van der Waals surface area contributed by atoms with E-state index < -0.39 is 17.3 Å². The van der Waals surface area contributed by atoms with Crippen LogP contribution in [0.5, 0.6) is 0 Å². The molecule has 0 saturated carbocycles. The molecule has 20 heavy (non-hydrogen) atoms. The molecule has 1 heterocycles. The quantitative estimate of drug-likeness (QED) is 0.922. The minimum Gasteiger partial charge on any atom is -0.479 e. The summed E-state index contributed by atoms with van der Waals surface area (Å²) in [5.74, 6) is -1.17. The van der Waals surface area contributed by atoms with Gasteiger partial charge in [-0.05, 0) is 57.9 Å². The molecule has 2 rings (SSSR count). The Morgan fingerprint density at radius 3 is 2.80 bits per heavy atom. The fourth-order valence-electron chi connectivity index (χ4n) is 1.73. The van der Waals surface area contributed by atoms with Crippen LogP contribution >= 0.6 is 15.9 Å². The number of hydrogen-bond donors (Lipinski definition) is 1. The molecule has 0 aliphatic rings. The summed E-state index contributed by atoms with van der Waals surface area (Å²) in [6.07, 6.45) is 0.308. The molecular formula is C12H12BrFN4O2. The summed E-state index contributed by atoms with van der Waals surface area (Å²) < 4.78 is 14.8. The zero-order chi connectivity index (χ0) is 14.9. The summed E-state index contributed by atoms with van der Waals surface area (Å²) >= 11 is 3.08. The molecule has 1 aromatic heterocycles. The van der Waals surface area contributed by atoms with E-state index in [1.807, 2.05) is 0 Å². The molecule has 1 unspecified atom stereocenters. The first-order valence-corrected chi connectivity index (χ1v) is 6.67. The van der Waals surface area contributed by atoms with Crippen molar-refractivity contribution in [3.05, 3.63) is 28.5 Å². The van der Waals surface area contributed by atoms with Crippen LogP contribution in [-0.2, 0) is 10.3 Å². The van der Waals surface area contributed by atoms with E-state index in [0.29, 0.717) is 12.0 Å². The smallest absolute Gasteiger partial charge is 0.331 e. The lowest BCUT2D eigenvalue weighted by Crippen LogP contribution is -2.39. The van der Waals surface area contributed by atoms with Gasteiger partial charge in [-0.3, -0.25) is 0 Å². The predicted octanol–water partition coefficient (Wildman–Crippen LogP) is 2.45. The van der Waals surface area contributed by atoms with Gasteiger partial charge in [0, 0.05) is 5.56 Å². The first-order chi connectivity index (χ1) is 9.40. The third-order valence-corrected chi connectivity index (χ3v) is 3.87. The maximum atomic E-state index is 13.3. The Balaban J connectivity index is 2.58. The highest BCUT2D eigenvalue weighted by Crippen LogP contribution is 2.28. The van der Waals surface area contributed by atoms with Gasteiger partial charge in [0.05, 0.1) is 4.47 Å².